The minimum Gasteiger partial charge on any atom is -0.445 e. The van der Waals surface area contributed by atoms with E-state index >= 15 is 0 Å². The Morgan fingerprint density at radius 1 is 1.00 bits per heavy atom. The standard InChI is InChI=1S/C18H17NO4S3/c20-18(23-13-14-6-2-1-3-7-14)19-12-16(15-8-4-10-24-15)26(21,22)17-9-5-11-25-17/h1-11,16H,12-13H2,(H,19,20). The summed E-state index contributed by atoms with van der Waals surface area (Å²) < 4.78 is 31.3. The highest BCUT2D eigenvalue weighted by Gasteiger charge is 2.31. The Labute approximate surface area is 160 Å². The highest BCUT2D eigenvalue weighted by molar-refractivity contribution is 7.93. The average Bonchev–Trinajstić information content (AvgIpc) is 3.35. The van der Waals surface area contributed by atoms with Crippen molar-refractivity contribution in [1.82, 2.24) is 5.32 Å². The first kappa shape index (κ1) is 18.6. The Hall–Kier alpha value is -2.16. The van der Waals surface area contributed by atoms with Gasteiger partial charge in [0.2, 0.25) is 0 Å². The maximum Gasteiger partial charge on any atom is 0.407 e. The molecule has 0 bridgehead atoms. The van der Waals surface area contributed by atoms with E-state index in [-0.39, 0.29) is 17.4 Å². The van der Waals surface area contributed by atoms with Crippen LogP contribution in [-0.2, 0) is 21.2 Å². The van der Waals surface area contributed by atoms with E-state index < -0.39 is 21.2 Å². The number of alkyl carbamates (subject to hydrolysis) is 1. The first-order valence-electron chi connectivity index (χ1n) is 7.83. The van der Waals surface area contributed by atoms with Crippen molar-refractivity contribution < 1.29 is 17.9 Å². The molecule has 3 aromatic rings. The lowest BCUT2D eigenvalue weighted by Crippen LogP contribution is -2.31. The first-order chi connectivity index (χ1) is 12.6. The monoisotopic (exact) mass is 407 g/mol. The van der Waals surface area contributed by atoms with E-state index in [9.17, 15) is 13.2 Å². The average molecular weight is 408 g/mol. The number of benzene rings is 1. The van der Waals surface area contributed by atoms with E-state index in [4.69, 9.17) is 4.74 Å². The van der Waals surface area contributed by atoms with Gasteiger partial charge in [-0.2, -0.15) is 0 Å². The Morgan fingerprint density at radius 3 is 2.38 bits per heavy atom. The lowest BCUT2D eigenvalue weighted by Gasteiger charge is -2.16. The molecule has 26 heavy (non-hydrogen) atoms. The van der Waals surface area contributed by atoms with Gasteiger partial charge in [0.1, 0.15) is 16.1 Å². The molecule has 3 rings (SSSR count). The van der Waals surface area contributed by atoms with Crippen LogP contribution in [0.5, 0.6) is 0 Å². The zero-order valence-electron chi connectivity index (χ0n) is 13.7. The van der Waals surface area contributed by atoms with Crippen LogP contribution in [0.1, 0.15) is 15.7 Å². The third kappa shape index (κ3) is 4.51. The number of nitrogens with one attached hydrogen (secondary N) is 1. The molecule has 136 valence electrons. The molecule has 1 unspecified atom stereocenters. The Bertz CT molecular complexity index is 920. The molecule has 2 heterocycles. The summed E-state index contributed by atoms with van der Waals surface area (Å²) >= 11 is 2.52. The fourth-order valence-electron chi connectivity index (χ4n) is 2.35. The lowest BCUT2D eigenvalue weighted by atomic mass is 10.2. The molecule has 0 aliphatic heterocycles. The van der Waals surface area contributed by atoms with Crippen molar-refractivity contribution in [3.8, 4) is 0 Å². The Morgan fingerprint density at radius 2 is 1.73 bits per heavy atom. The van der Waals surface area contributed by atoms with Crippen molar-refractivity contribution in [3.05, 3.63) is 75.8 Å². The van der Waals surface area contributed by atoms with Gasteiger partial charge in [-0.3, -0.25) is 0 Å². The van der Waals surface area contributed by atoms with Crippen LogP contribution in [-0.4, -0.2) is 21.1 Å². The third-order valence-electron chi connectivity index (χ3n) is 3.66. The maximum atomic E-state index is 12.9. The van der Waals surface area contributed by atoms with Gasteiger partial charge in [-0.25, -0.2) is 13.2 Å². The minimum atomic E-state index is -3.58. The van der Waals surface area contributed by atoms with Gasteiger partial charge >= 0.3 is 6.09 Å². The Kier molecular flexibility index (Phi) is 6.08. The van der Waals surface area contributed by atoms with E-state index in [1.165, 1.54) is 22.7 Å². The van der Waals surface area contributed by atoms with Crippen molar-refractivity contribution in [2.45, 2.75) is 16.1 Å². The number of sulfone groups is 1. The van der Waals surface area contributed by atoms with Crippen molar-refractivity contribution >= 4 is 38.6 Å². The molecule has 0 radical (unpaired) electrons. The molecule has 0 fully saturated rings. The van der Waals surface area contributed by atoms with E-state index in [0.717, 1.165) is 5.56 Å². The van der Waals surface area contributed by atoms with Gasteiger partial charge in [-0.1, -0.05) is 42.5 Å². The number of rotatable bonds is 7. The van der Waals surface area contributed by atoms with Crippen LogP contribution in [0.4, 0.5) is 4.79 Å². The molecule has 0 saturated heterocycles. The van der Waals surface area contributed by atoms with E-state index in [1.807, 2.05) is 35.7 Å². The summed E-state index contributed by atoms with van der Waals surface area (Å²) in [5, 5.41) is 5.28. The van der Waals surface area contributed by atoms with Gasteiger partial charge in [-0.15, -0.1) is 22.7 Å². The number of thiophene rings is 2. The van der Waals surface area contributed by atoms with Gasteiger partial charge in [0.25, 0.3) is 0 Å². The van der Waals surface area contributed by atoms with E-state index in [0.29, 0.717) is 4.88 Å². The number of amides is 1. The second-order valence-corrected chi connectivity index (χ2v) is 9.71. The molecule has 0 aliphatic carbocycles. The second-order valence-electron chi connectivity index (χ2n) is 5.42. The van der Waals surface area contributed by atoms with Gasteiger partial charge < -0.3 is 10.1 Å². The summed E-state index contributed by atoms with van der Waals surface area (Å²) in [4.78, 5) is 12.7. The van der Waals surface area contributed by atoms with Crippen molar-refractivity contribution in [3.63, 3.8) is 0 Å². The minimum absolute atomic E-state index is 0.0473. The zero-order valence-corrected chi connectivity index (χ0v) is 16.1. The van der Waals surface area contributed by atoms with Crippen LogP contribution in [0.15, 0.2) is 69.6 Å². The van der Waals surface area contributed by atoms with Crippen LogP contribution in [0.25, 0.3) is 0 Å². The van der Waals surface area contributed by atoms with Gasteiger partial charge in [0.15, 0.2) is 9.84 Å². The summed E-state index contributed by atoms with van der Waals surface area (Å²) in [5.74, 6) is 0. The fourth-order valence-corrected chi connectivity index (χ4v) is 6.34. The lowest BCUT2D eigenvalue weighted by molar-refractivity contribution is 0.139. The van der Waals surface area contributed by atoms with Gasteiger partial charge in [-0.05, 0) is 28.5 Å². The van der Waals surface area contributed by atoms with Crippen LogP contribution in [0.2, 0.25) is 0 Å². The molecular weight excluding hydrogens is 390 g/mol. The topological polar surface area (TPSA) is 72.5 Å². The van der Waals surface area contributed by atoms with Crippen LogP contribution >= 0.6 is 22.7 Å². The molecule has 0 aliphatic rings. The van der Waals surface area contributed by atoms with Gasteiger partial charge in [0.05, 0.1) is 0 Å². The number of carbonyl (C=O) groups excluding carboxylic acids is 1. The number of ether oxygens (including phenoxy) is 1. The number of hydrogen-bond donors (Lipinski definition) is 1. The molecule has 0 spiro atoms. The molecule has 0 saturated carbocycles. The number of carbonyl (C=O) groups is 1. The molecular formula is C18H17NO4S3. The van der Waals surface area contributed by atoms with E-state index in [2.05, 4.69) is 5.32 Å². The van der Waals surface area contributed by atoms with Gasteiger partial charge in [0, 0.05) is 11.4 Å². The molecule has 8 heteroatoms. The summed E-state index contributed by atoms with van der Waals surface area (Å²) in [7, 11) is -3.58. The predicted octanol–water partition coefficient (Wildman–Crippen LogP) is 4.25. The van der Waals surface area contributed by atoms with Crippen molar-refractivity contribution in [1.29, 1.82) is 0 Å². The smallest absolute Gasteiger partial charge is 0.407 e. The fraction of sp³-hybridized carbons (Fsp3) is 0.167. The molecule has 1 amide bonds. The summed E-state index contributed by atoms with van der Waals surface area (Å²) in [6.45, 7) is 0.0857. The highest BCUT2D eigenvalue weighted by atomic mass is 32.2. The van der Waals surface area contributed by atoms with Crippen molar-refractivity contribution in [2.75, 3.05) is 6.54 Å². The van der Waals surface area contributed by atoms with E-state index in [1.54, 1.807) is 29.6 Å². The number of hydrogen-bond acceptors (Lipinski definition) is 6. The normalized spacial score (nSPS) is 12.5. The summed E-state index contributed by atoms with van der Waals surface area (Å²) in [6, 6.07) is 16.1. The predicted molar refractivity (Wildman–Crippen MR) is 103 cm³/mol. The molecule has 5 nitrogen and oxygen atoms in total. The molecule has 1 atom stereocenters. The first-order valence-corrected chi connectivity index (χ1v) is 11.1. The molecule has 1 aromatic carbocycles. The molecule has 1 N–H and O–H groups in total. The van der Waals surface area contributed by atoms with Crippen LogP contribution < -0.4 is 5.32 Å². The van der Waals surface area contributed by atoms with Crippen molar-refractivity contribution in [2.24, 2.45) is 0 Å². The summed E-state index contributed by atoms with van der Waals surface area (Å²) in [5.41, 5.74) is 0.865. The quantitative estimate of drug-likeness (QED) is 0.635. The SMILES string of the molecule is O=C(NCC(c1cccs1)S(=O)(=O)c1cccs1)OCc1ccccc1. The van der Waals surface area contributed by atoms with Crippen LogP contribution in [0, 0.1) is 0 Å². The van der Waals surface area contributed by atoms with Crippen LogP contribution in [0.3, 0.4) is 0 Å². The zero-order chi connectivity index (χ0) is 18.4. The largest absolute Gasteiger partial charge is 0.445 e. The summed E-state index contributed by atoms with van der Waals surface area (Å²) in [6.07, 6.45) is -0.642. The second kappa shape index (κ2) is 8.48. The maximum absolute atomic E-state index is 12.9. The molecule has 2 aromatic heterocycles. The Balaban J connectivity index is 1.66. The highest BCUT2D eigenvalue weighted by Crippen LogP contribution is 2.33. The third-order valence-corrected chi connectivity index (χ3v) is 8.30.